The lowest BCUT2D eigenvalue weighted by atomic mass is 9.95. The molecule has 0 unspecified atom stereocenters. The fraction of sp³-hybridized carbons (Fsp3) is 0.111. The molecule has 0 saturated carbocycles. The minimum atomic E-state index is 1.28. The van der Waals surface area contributed by atoms with E-state index >= 15 is 0 Å². The van der Waals surface area contributed by atoms with Crippen LogP contribution in [0.3, 0.4) is 0 Å². The molecular formula is C90H80. The Bertz CT molecular complexity index is 4900. The van der Waals surface area contributed by atoms with Gasteiger partial charge in [0.2, 0.25) is 0 Å². The van der Waals surface area contributed by atoms with Crippen molar-refractivity contribution in [3.05, 3.63) is 359 Å². The van der Waals surface area contributed by atoms with Crippen LogP contribution in [0.4, 0.5) is 0 Å². The van der Waals surface area contributed by atoms with Gasteiger partial charge in [-0.15, -0.1) is 0 Å². The summed E-state index contributed by atoms with van der Waals surface area (Å²) in [5.41, 5.74) is 26.1. The molecule has 440 valence electrons. The average Bonchev–Trinajstić information content (AvgIpc) is 1.02. The van der Waals surface area contributed by atoms with Gasteiger partial charge >= 0.3 is 0 Å². The van der Waals surface area contributed by atoms with E-state index in [0.717, 1.165) is 0 Å². The van der Waals surface area contributed by atoms with Crippen molar-refractivity contribution in [1.82, 2.24) is 0 Å². The second-order valence-corrected chi connectivity index (χ2v) is 24.4. The van der Waals surface area contributed by atoms with Crippen molar-refractivity contribution in [2.45, 2.75) is 69.2 Å². The Morgan fingerprint density at radius 3 is 0.911 bits per heavy atom. The predicted molar refractivity (Wildman–Crippen MR) is 394 cm³/mol. The van der Waals surface area contributed by atoms with E-state index in [4.69, 9.17) is 0 Å². The predicted octanol–water partition coefficient (Wildman–Crippen LogP) is 25.6. The zero-order valence-corrected chi connectivity index (χ0v) is 53.9. The molecule has 0 fully saturated rings. The summed E-state index contributed by atoms with van der Waals surface area (Å²) in [6.07, 6.45) is 0. The lowest BCUT2D eigenvalue weighted by Crippen LogP contribution is -1.85. The van der Waals surface area contributed by atoms with E-state index in [1.807, 2.05) is 0 Å². The van der Waals surface area contributed by atoms with Crippen LogP contribution in [-0.2, 0) is 0 Å². The van der Waals surface area contributed by atoms with Crippen molar-refractivity contribution in [3.8, 4) is 55.6 Å². The van der Waals surface area contributed by atoms with Crippen molar-refractivity contribution >= 4 is 53.9 Å². The summed E-state index contributed by atoms with van der Waals surface area (Å²) in [5, 5.41) is 13.3. The van der Waals surface area contributed by atoms with Gasteiger partial charge in [-0.3, -0.25) is 0 Å². The van der Waals surface area contributed by atoms with Gasteiger partial charge in [-0.25, -0.2) is 0 Å². The molecule has 0 aromatic heterocycles. The van der Waals surface area contributed by atoms with Crippen LogP contribution in [0.25, 0.3) is 109 Å². The number of hydrogen-bond acceptors (Lipinski definition) is 0. The van der Waals surface area contributed by atoms with Crippen LogP contribution >= 0.6 is 0 Å². The SMILES string of the molecule is Cc1ccc(-c2ccc3cc(C)ccc3c2)cc1.Cc1ccc(-c2cccc3c(C)cccc23)cc1.Cc1cccc(-c2ccc(C)c3ccccc23)c1.Cc1cccc(-c2ccc3cc(C)ccc3c2)c1.Cc1cccc(-c2cccc3c(C)cccc23)c1. The highest BCUT2D eigenvalue weighted by Crippen LogP contribution is 2.35. The lowest BCUT2D eigenvalue weighted by Gasteiger charge is -2.09. The van der Waals surface area contributed by atoms with Crippen LogP contribution in [0.1, 0.15) is 55.6 Å². The fourth-order valence-corrected chi connectivity index (χ4v) is 12.2. The summed E-state index contributed by atoms with van der Waals surface area (Å²) >= 11 is 0. The first-order valence-corrected chi connectivity index (χ1v) is 31.5. The summed E-state index contributed by atoms with van der Waals surface area (Å²) in [7, 11) is 0. The van der Waals surface area contributed by atoms with Crippen LogP contribution in [0, 0.1) is 69.2 Å². The average molecular weight is 1160 g/mol. The molecule has 0 radical (unpaired) electrons. The number of benzene rings is 15. The molecule has 15 rings (SSSR count). The van der Waals surface area contributed by atoms with Crippen molar-refractivity contribution in [3.63, 3.8) is 0 Å². The minimum absolute atomic E-state index is 1.28. The van der Waals surface area contributed by atoms with Gasteiger partial charge in [0.1, 0.15) is 0 Å². The lowest BCUT2D eigenvalue weighted by molar-refractivity contribution is 1.46. The number of hydrogen-bond donors (Lipinski definition) is 0. The Kier molecular flexibility index (Phi) is 19.2. The molecule has 0 aliphatic carbocycles. The van der Waals surface area contributed by atoms with E-state index in [1.54, 1.807) is 0 Å². The summed E-state index contributed by atoms with van der Waals surface area (Å²) in [6, 6.07) is 109. The van der Waals surface area contributed by atoms with Crippen LogP contribution in [0.15, 0.2) is 303 Å². The van der Waals surface area contributed by atoms with Crippen molar-refractivity contribution < 1.29 is 0 Å². The molecule has 0 bridgehead atoms. The van der Waals surface area contributed by atoms with Crippen LogP contribution in [0.2, 0.25) is 0 Å². The molecule has 90 heavy (non-hydrogen) atoms. The molecule has 0 heteroatoms. The van der Waals surface area contributed by atoms with E-state index in [0.29, 0.717) is 0 Å². The molecule has 15 aromatic rings. The Hall–Kier alpha value is -10.4. The molecule has 0 nitrogen and oxygen atoms in total. The Morgan fingerprint density at radius 2 is 0.433 bits per heavy atom. The monoisotopic (exact) mass is 1160 g/mol. The molecule has 0 saturated heterocycles. The molecule has 0 spiro atoms. The number of fused-ring (bicyclic) bond motifs is 5. The summed E-state index contributed by atoms with van der Waals surface area (Å²) in [4.78, 5) is 0. The van der Waals surface area contributed by atoms with Crippen molar-refractivity contribution in [2.24, 2.45) is 0 Å². The molecule has 0 atom stereocenters. The minimum Gasteiger partial charge on any atom is -0.0616 e. The first-order chi connectivity index (χ1) is 43.7. The summed E-state index contributed by atoms with van der Waals surface area (Å²) in [6.45, 7) is 21.4. The maximum Gasteiger partial charge on any atom is -0.0103 e. The highest BCUT2D eigenvalue weighted by molar-refractivity contribution is 6.01. The zero-order chi connectivity index (χ0) is 62.7. The fourth-order valence-electron chi connectivity index (χ4n) is 12.2. The third kappa shape index (κ3) is 14.8. The van der Waals surface area contributed by atoms with Gasteiger partial charge in [0, 0.05) is 0 Å². The second kappa shape index (κ2) is 28.2. The largest absolute Gasteiger partial charge is 0.0616 e. The quantitative estimate of drug-likeness (QED) is 0.161. The van der Waals surface area contributed by atoms with E-state index in [-0.39, 0.29) is 0 Å². The highest BCUT2D eigenvalue weighted by atomic mass is 14.1. The maximum atomic E-state index is 2.27. The summed E-state index contributed by atoms with van der Waals surface area (Å²) in [5.74, 6) is 0. The van der Waals surface area contributed by atoms with E-state index in [2.05, 4.69) is 373 Å². The Balaban J connectivity index is 0.000000116. The first kappa shape index (κ1) is 61.3. The van der Waals surface area contributed by atoms with Crippen LogP contribution in [-0.4, -0.2) is 0 Å². The highest BCUT2D eigenvalue weighted by Gasteiger charge is 2.09. The van der Waals surface area contributed by atoms with E-state index < -0.39 is 0 Å². The molecule has 0 N–H and O–H groups in total. The third-order valence-corrected chi connectivity index (χ3v) is 17.2. The Morgan fingerprint density at radius 1 is 0.144 bits per heavy atom. The molecule has 0 aliphatic rings. The maximum absolute atomic E-state index is 2.27. The molecule has 0 heterocycles. The number of aryl methyl sites for hydroxylation is 10. The molecule has 15 aromatic carbocycles. The zero-order valence-electron chi connectivity index (χ0n) is 53.9. The second-order valence-electron chi connectivity index (χ2n) is 24.4. The summed E-state index contributed by atoms with van der Waals surface area (Å²) < 4.78 is 0. The van der Waals surface area contributed by atoms with Crippen LogP contribution in [0.5, 0.6) is 0 Å². The molecular weight excluding hydrogens is 1080 g/mol. The van der Waals surface area contributed by atoms with Gasteiger partial charge < -0.3 is 0 Å². The first-order valence-electron chi connectivity index (χ1n) is 31.5. The van der Waals surface area contributed by atoms with Crippen LogP contribution < -0.4 is 0 Å². The van der Waals surface area contributed by atoms with Gasteiger partial charge in [-0.2, -0.15) is 0 Å². The normalized spacial score (nSPS) is 10.8. The number of rotatable bonds is 5. The van der Waals surface area contributed by atoms with Gasteiger partial charge in [0.05, 0.1) is 0 Å². The van der Waals surface area contributed by atoms with Crippen molar-refractivity contribution in [2.75, 3.05) is 0 Å². The van der Waals surface area contributed by atoms with Gasteiger partial charge in [0.25, 0.3) is 0 Å². The van der Waals surface area contributed by atoms with Gasteiger partial charge in [0.15, 0.2) is 0 Å². The molecule has 0 aliphatic heterocycles. The van der Waals surface area contributed by atoms with Crippen molar-refractivity contribution in [1.29, 1.82) is 0 Å². The van der Waals surface area contributed by atoms with E-state index in [1.165, 1.54) is 165 Å². The third-order valence-electron chi connectivity index (χ3n) is 17.2. The Labute approximate surface area is 534 Å². The standard InChI is InChI=1S/5C18H16/c1-13-3-6-15(7-4-13)17-10-9-16-11-14(2)5-8-18(16)12-17;1-13-6-3-8-15(12-13)17-10-5-9-16-14(2)7-4-11-18(16)17;1-13-9-11-15(12-10-13)17-7-4-6-16-14(2)5-3-8-18(16)17;1-13-6-5-7-15(12-13)17-11-10-14(2)16-8-3-4-9-18(16)17;1-13-4-3-5-15(10-13)18-9-8-16-11-14(2)6-7-17(16)12-18/h5*3-12H,1-2H3. The van der Waals surface area contributed by atoms with Gasteiger partial charge in [-0.05, 0) is 208 Å². The van der Waals surface area contributed by atoms with E-state index in [9.17, 15) is 0 Å². The molecule has 0 amide bonds. The smallest absolute Gasteiger partial charge is 0.0103 e. The topological polar surface area (TPSA) is 0 Å². The van der Waals surface area contributed by atoms with Gasteiger partial charge in [-0.1, -0.05) is 330 Å².